The van der Waals surface area contributed by atoms with Gasteiger partial charge in [-0.25, -0.2) is 9.78 Å². The number of esters is 1. The van der Waals surface area contributed by atoms with E-state index < -0.39 is 5.97 Å². The van der Waals surface area contributed by atoms with Crippen molar-refractivity contribution >= 4 is 11.8 Å². The number of nitrogen functional groups attached to an aromatic ring is 1. The van der Waals surface area contributed by atoms with Crippen LogP contribution in [0.3, 0.4) is 0 Å². The number of nitrogens with zero attached hydrogens (tertiary/aromatic N) is 2. The zero-order valence-corrected chi connectivity index (χ0v) is 10.4. The second kappa shape index (κ2) is 4.39. The van der Waals surface area contributed by atoms with Crippen LogP contribution in [0, 0.1) is 5.41 Å². The monoisotopic (exact) mass is 237 g/mol. The number of hydrogen-bond donors (Lipinski definition) is 1. The van der Waals surface area contributed by atoms with E-state index in [1.165, 1.54) is 32.8 Å². The Morgan fingerprint density at radius 3 is 2.82 bits per heavy atom. The molecule has 1 aliphatic carbocycles. The van der Waals surface area contributed by atoms with E-state index in [1.807, 2.05) is 4.57 Å². The van der Waals surface area contributed by atoms with Crippen molar-refractivity contribution in [2.75, 3.05) is 12.8 Å². The van der Waals surface area contributed by atoms with E-state index in [0.717, 1.165) is 6.54 Å². The summed E-state index contributed by atoms with van der Waals surface area (Å²) in [4.78, 5) is 15.4. The van der Waals surface area contributed by atoms with Crippen LogP contribution in [0.5, 0.6) is 0 Å². The molecular formula is C12H19N3O2. The minimum atomic E-state index is -0.474. The minimum absolute atomic E-state index is 0.217. The number of carbonyl (C=O) groups is 1. The fraction of sp³-hybridized carbons (Fsp3) is 0.667. The second-order valence-corrected chi connectivity index (χ2v) is 5.12. The number of ether oxygens (including phenoxy) is 1. The van der Waals surface area contributed by atoms with Crippen LogP contribution in [0.1, 0.15) is 43.1 Å². The molecule has 0 radical (unpaired) electrons. The molecule has 94 valence electrons. The molecule has 5 nitrogen and oxygen atoms in total. The van der Waals surface area contributed by atoms with Gasteiger partial charge in [-0.05, 0) is 18.3 Å². The van der Waals surface area contributed by atoms with Gasteiger partial charge in [-0.15, -0.1) is 0 Å². The summed E-state index contributed by atoms with van der Waals surface area (Å²) in [7, 11) is 1.33. The molecule has 0 saturated heterocycles. The summed E-state index contributed by atoms with van der Waals surface area (Å²) in [6.45, 7) is 3.08. The third-order valence-electron chi connectivity index (χ3n) is 3.62. The largest absolute Gasteiger partial charge is 0.464 e. The Morgan fingerprint density at radius 1 is 1.59 bits per heavy atom. The van der Waals surface area contributed by atoms with Crippen molar-refractivity contribution in [1.82, 2.24) is 9.55 Å². The summed E-state index contributed by atoms with van der Waals surface area (Å²) < 4.78 is 6.49. The smallest absolute Gasteiger partial charge is 0.360 e. The highest BCUT2D eigenvalue weighted by Crippen LogP contribution is 2.39. The standard InChI is InChI=1S/C12H19N3O2/c1-12(5-3-4-6-12)7-15-8-14-9(10(15)13)11(16)17-2/h8H,3-7,13H2,1-2H3. The molecule has 1 aromatic heterocycles. The van der Waals surface area contributed by atoms with Crippen LogP contribution < -0.4 is 5.73 Å². The van der Waals surface area contributed by atoms with Crippen LogP contribution in [-0.4, -0.2) is 22.6 Å². The molecule has 17 heavy (non-hydrogen) atoms. The van der Waals surface area contributed by atoms with Crippen molar-refractivity contribution in [3.8, 4) is 0 Å². The lowest BCUT2D eigenvalue weighted by atomic mass is 9.89. The summed E-state index contributed by atoms with van der Waals surface area (Å²) in [6.07, 6.45) is 6.59. The van der Waals surface area contributed by atoms with Crippen molar-refractivity contribution in [1.29, 1.82) is 0 Å². The normalized spacial score (nSPS) is 18.2. The van der Waals surface area contributed by atoms with Crippen LogP contribution in [0.4, 0.5) is 5.82 Å². The molecule has 1 aromatic rings. The lowest BCUT2D eigenvalue weighted by Crippen LogP contribution is -2.20. The first-order chi connectivity index (χ1) is 8.06. The molecule has 0 bridgehead atoms. The van der Waals surface area contributed by atoms with Crippen LogP contribution in [0.2, 0.25) is 0 Å². The quantitative estimate of drug-likeness (QED) is 0.814. The van der Waals surface area contributed by atoms with Gasteiger partial charge in [-0.2, -0.15) is 0 Å². The maximum absolute atomic E-state index is 11.4. The molecule has 0 amide bonds. The number of imidazole rings is 1. The zero-order chi connectivity index (χ0) is 12.5. The van der Waals surface area contributed by atoms with Gasteiger partial charge in [0, 0.05) is 6.54 Å². The number of carbonyl (C=O) groups excluding carboxylic acids is 1. The van der Waals surface area contributed by atoms with Crippen molar-refractivity contribution in [2.45, 2.75) is 39.2 Å². The van der Waals surface area contributed by atoms with Crippen molar-refractivity contribution in [3.05, 3.63) is 12.0 Å². The molecule has 0 aliphatic heterocycles. The maximum atomic E-state index is 11.4. The van der Waals surface area contributed by atoms with Gasteiger partial charge in [0.05, 0.1) is 13.4 Å². The van der Waals surface area contributed by atoms with Gasteiger partial charge in [0.1, 0.15) is 5.82 Å². The second-order valence-electron chi connectivity index (χ2n) is 5.12. The molecular weight excluding hydrogens is 218 g/mol. The summed E-state index contributed by atoms with van der Waals surface area (Å²) in [5.41, 5.74) is 6.41. The van der Waals surface area contributed by atoms with Crippen molar-refractivity contribution in [2.24, 2.45) is 5.41 Å². The molecule has 0 unspecified atom stereocenters. The topological polar surface area (TPSA) is 70.1 Å². The molecule has 2 N–H and O–H groups in total. The van der Waals surface area contributed by atoms with E-state index in [2.05, 4.69) is 16.6 Å². The highest BCUT2D eigenvalue weighted by atomic mass is 16.5. The number of nitrogens with two attached hydrogens (primary N) is 1. The van der Waals surface area contributed by atoms with Gasteiger partial charge < -0.3 is 15.0 Å². The Bertz CT molecular complexity index is 419. The number of aromatic nitrogens is 2. The number of hydrogen-bond acceptors (Lipinski definition) is 4. The lowest BCUT2D eigenvalue weighted by molar-refractivity contribution is 0.0596. The Morgan fingerprint density at radius 2 is 2.24 bits per heavy atom. The lowest BCUT2D eigenvalue weighted by Gasteiger charge is -2.24. The highest BCUT2D eigenvalue weighted by Gasteiger charge is 2.30. The van der Waals surface area contributed by atoms with Crippen LogP contribution in [-0.2, 0) is 11.3 Å². The fourth-order valence-corrected chi connectivity index (χ4v) is 2.57. The van der Waals surface area contributed by atoms with E-state index in [4.69, 9.17) is 5.73 Å². The Hall–Kier alpha value is -1.52. The molecule has 1 heterocycles. The predicted octanol–water partition coefficient (Wildman–Crippen LogP) is 1.83. The van der Waals surface area contributed by atoms with Gasteiger partial charge in [0.25, 0.3) is 0 Å². The SMILES string of the molecule is COC(=O)c1ncn(CC2(C)CCCC2)c1N. The van der Waals surface area contributed by atoms with Gasteiger partial charge in [0.2, 0.25) is 0 Å². The van der Waals surface area contributed by atoms with E-state index in [-0.39, 0.29) is 11.1 Å². The Kier molecular flexibility index (Phi) is 3.09. The summed E-state index contributed by atoms with van der Waals surface area (Å²) in [5, 5.41) is 0. The predicted molar refractivity (Wildman–Crippen MR) is 64.6 cm³/mol. The molecule has 0 spiro atoms. The van der Waals surface area contributed by atoms with E-state index in [0.29, 0.717) is 5.82 Å². The third kappa shape index (κ3) is 2.28. The van der Waals surface area contributed by atoms with Crippen LogP contribution in [0.15, 0.2) is 6.33 Å². The molecule has 2 rings (SSSR count). The number of anilines is 1. The first-order valence-corrected chi connectivity index (χ1v) is 5.95. The molecule has 0 atom stereocenters. The average molecular weight is 237 g/mol. The molecule has 5 heteroatoms. The first-order valence-electron chi connectivity index (χ1n) is 5.95. The van der Waals surface area contributed by atoms with Gasteiger partial charge in [-0.3, -0.25) is 0 Å². The van der Waals surface area contributed by atoms with Gasteiger partial charge in [0.15, 0.2) is 5.69 Å². The van der Waals surface area contributed by atoms with Crippen molar-refractivity contribution < 1.29 is 9.53 Å². The summed E-state index contributed by atoms with van der Waals surface area (Å²) in [6, 6.07) is 0. The molecule has 1 fully saturated rings. The molecule has 1 aliphatic rings. The Balaban J connectivity index is 2.17. The van der Waals surface area contributed by atoms with E-state index in [1.54, 1.807) is 6.33 Å². The summed E-state index contributed by atoms with van der Waals surface area (Å²) >= 11 is 0. The molecule has 0 aromatic carbocycles. The number of methoxy groups -OCH3 is 1. The van der Waals surface area contributed by atoms with Crippen molar-refractivity contribution in [3.63, 3.8) is 0 Å². The van der Waals surface area contributed by atoms with Crippen LogP contribution in [0.25, 0.3) is 0 Å². The first kappa shape index (κ1) is 12.0. The number of rotatable bonds is 3. The summed E-state index contributed by atoms with van der Waals surface area (Å²) in [5.74, 6) is -0.0669. The minimum Gasteiger partial charge on any atom is -0.464 e. The maximum Gasteiger partial charge on any atom is 0.360 e. The third-order valence-corrected chi connectivity index (χ3v) is 3.62. The van der Waals surface area contributed by atoms with Crippen LogP contribution >= 0.6 is 0 Å². The molecule has 1 saturated carbocycles. The van der Waals surface area contributed by atoms with E-state index in [9.17, 15) is 4.79 Å². The zero-order valence-electron chi connectivity index (χ0n) is 10.4. The van der Waals surface area contributed by atoms with Gasteiger partial charge >= 0.3 is 5.97 Å². The van der Waals surface area contributed by atoms with E-state index >= 15 is 0 Å². The highest BCUT2D eigenvalue weighted by molar-refractivity contribution is 5.92. The average Bonchev–Trinajstić information content (AvgIpc) is 2.87. The fourth-order valence-electron chi connectivity index (χ4n) is 2.57. The Labute approximate surface area is 101 Å². The van der Waals surface area contributed by atoms with Gasteiger partial charge in [-0.1, -0.05) is 19.8 Å².